The van der Waals surface area contributed by atoms with Crippen molar-refractivity contribution in [3.63, 3.8) is 0 Å². The minimum Gasteiger partial charge on any atom is -0.493 e. The number of likely N-dealkylation sites (tertiary alicyclic amines) is 1. The molecule has 1 aromatic carbocycles. The number of rotatable bonds is 5. The van der Waals surface area contributed by atoms with E-state index in [2.05, 4.69) is 9.97 Å². The van der Waals surface area contributed by atoms with Gasteiger partial charge in [0.05, 0.1) is 18.9 Å². The first-order valence-corrected chi connectivity index (χ1v) is 8.73. The predicted molar refractivity (Wildman–Crippen MR) is 96.9 cm³/mol. The lowest BCUT2D eigenvalue weighted by molar-refractivity contribution is -0.136. The van der Waals surface area contributed by atoms with Crippen LogP contribution in [-0.2, 0) is 4.79 Å². The van der Waals surface area contributed by atoms with Crippen LogP contribution in [0, 0.1) is 27.7 Å². The first-order valence-electron chi connectivity index (χ1n) is 8.73. The molecule has 132 valence electrons. The summed E-state index contributed by atoms with van der Waals surface area (Å²) >= 11 is 0. The highest BCUT2D eigenvalue weighted by atomic mass is 16.5. The summed E-state index contributed by atoms with van der Waals surface area (Å²) in [5, 5.41) is 0. The summed E-state index contributed by atoms with van der Waals surface area (Å²) in [6.45, 7) is 9.80. The maximum atomic E-state index is 12.3. The Hall–Kier alpha value is -2.43. The van der Waals surface area contributed by atoms with Crippen LogP contribution < -0.4 is 4.74 Å². The van der Waals surface area contributed by atoms with Gasteiger partial charge in [-0.1, -0.05) is 18.2 Å². The van der Waals surface area contributed by atoms with Crippen LogP contribution in [0.1, 0.15) is 40.7 Å². The molecule has 5 nitrogen and oxygen atoms in total. The van der Waals surface area contributed by atoms with E-state index in [1.165, 1.54) is 0 Å². The van der Waals surface area contributed by atoms with E-state index in [1.54, 1.807) is 0 Å². The van der Waals surface area contributed by atoms with Crippen molar-refractivity contribution in [3.8, 4) is 5.75 Å². The fourth-order valence-electron chi connectivity index (χ4n) is 3.21. The summed E-state index contributed by atoms with van der Waals surface area (Å²) in [5.74, 6) is 2.13. The van der Waals surface area contributed by atoms with Gasteiger partial charge in [-0.15, -0.1) is 0 Å². The molecule has 0 radical (unpaired) electrons. The van der Waals surface area contributed by atoms with Crippen LogP contribution in [0.25, 0.3) is 0 Å². The number of benzene rings is 1. The van der Waals surface area contributed by atoms with Gasteiger partial charge in [0.25, 0.3) is 0 Å². The third kappa shape index (κ3) is 3.98. The Morgan fingerprint density at radius 2 is 1.72 bits per heavy atom. The number of carbonyl (C=O) groups excluding carboxylic acids is 1. The predicted octanol–water partition coefficient (Wildman–Crippen LogP) is 3.11. The molecular weight excluding hydrogens is 314 g/mol. The maximum Gasteiger partial charge on any atom is 0.226 e. The van der Waals surface area contributed by atoms with Crippen molar-refractivity contribution in [2.45, 2.75) is 40.0 Å². The zero-order valence-electron chi connectivity index (χ0n) is 15.4. The normalized spacial score (nSPS) is 14.3. The lowest BCUT2D eigenvalue weighted by Gasteiger charge is -2.38. The molecule has 3 rings (SSSR count). The molecule has 1 aliphatic heterocycles. The van der Waals surface area contributed by atoms with E-state index < -0.39 is 0 Å². The molecule has 0 N–H and O–H groups in total. The van der Waals surface area contributed by atoms with Crippen molar-refractivity contribution in [2.24, 2.45) is 0 Å². The van der Waals surface area contributed by atoms with E-state index in [1.807, 2.05) is 56.9 Å². The van der Waals surface area contributed by atoms with Crippen LogP contribution in [0.4, 0.5) is 0 Å². The Balaban J connectivity index is 1.48. The topological polar surface area (TPSA) is 55.3 Å². The van der Waals surface area contributed by atoms with Crippen LogP contribution in [0.2, 0.25) is 0 Å². The molecule has 1 saturated heterocycles. The van der Waals surface area contributed by atoms with Crippen molar-refractivity contribution >= 4 is 5.91 Å². The second kappa shape index (κ2) is 7.21. The van der Waals surface area contributed by atoms with Crippen molar-refractivity contribution in [2.75, 3.05) is 19.7 Å². The molecule has 0 spiro atoms. The number of para-hydroxylation sites is 1. The van der Waals surface area contributed by atoms with Crippen LogP contribution in [0.3, 0.4) is 0 Å². The quantitative estimate of drug-likeness (QED) is 0.840. The van der Waals surface area contributed by atoms with Crippen LogP contribution in [0.5, 0.6) is 5.75 Å². The zero-order chi connectivity index (χ0) is 18.0. The van der Waals surface area contributed by atoms with Gasteiger partial charge < -0.3 is 9.64 Å². The molecule has 1 fully saturated rings. The summed E-state index contributed by atoms with van der Waals surface area (Å²) < 4.78 is 5.83. The van der Waals surface area contributed by atoms with Gasteiger partial charge in [0.15, 0.2) is 0 Å². The first-order chi connectivity index (χ1) is 11.9. The molecule has 0 bridgehead atoms. The molecule has 0 unspecified atom stereocenters. The summed E-state index contributed by atoms with van der Waals surface area (Å²) in [5.41, 5.74) is 4.16. The second-order valence-electron chi connectivity index (χ2n) is 6.82. The summed E-state index contributed by atoms with van der Waals surface area (Å²) in [6.07, 6.45) is 0.397. The first kappa shape index (κ1) is 17.4. The van der Waals surface area contributed by atoms with Crippen molar-refractivity contribution in [1.29, 1.82) is 0 Å². The molecule has 1 amide bonds. The summed E-state index contributed by atoms with van der Waals surface area (Å²) in [6, 6.07) is 8.02. The molecule has 0 saturated carbocycles. The van der Waals surface area contributed by atoms with Gasteiger partial charge in [0, 0.05) is 24.5 Å². The average molecular weight is 339 g/mol. The Labute approximate surface area is 149 Å². The lowest BCUT2D eigenvalue weighted by Crippen LogP contribution is -2.49. The molecule has 1 aliphatic rings. The highest BCUT2D eigenvalue weighted by Crippen LogP contribution is 2.26. The van der Waals surface area contributed by atoms with Crippen molar-refractivity contribution in [1.82, 2.24) is 14.9 Å². The highest BCUT2D eigenvalue weighted by molar-refractivity contribution is 5.77. The molecular formula is C20H25N3O2. The smallest absolute Gasteiger partial charge is 0.226 e. The largest absolute Gasteiger partial charge is 0.493 e. The number of aromatic nitrogens is 2. The SMILES string of the molecule is Cc1cc(C)nc(C2CN(C(=O)CCOc3c(C)cccc3C)C2)n1. The van der Waals surface area contributed by atoms with Gasteiger partial charge in [-0.2, -0.15) is 0 Å². The van der Waals surface area contributed by atoms with Crippen LogP contribution >= 0.6 is 0 Å². The van der Waals surface area contributed by atoms with Crippen molar-refractivity contribution < 1.29 is 9.53 Å². The van der Waals surface area contributed by atoms with Gasteiger partial charge in [0.1, 0.15) is 11.6 Å². The zero-order valence-corrected chi connectivity index (χ0v) is 15.4. The van der Waals surface area contributed by atoms with E-state index in [-0.39, 0.29) is 11.8 Å². The number of nitrogens with zero attached hydrogens (tertiary/aromatic N) is 3. The van der Waals surface area contributed by atoms with Gasteiger partial charge in [-0.05, 0) is 44.9 Å². The summed E-state index contributed by atoms with van der Waals surface area (Å²) in [7, 11) is 0. The Morgan fingerprint density at radius 1 is 1.12 bits per heavy atom. The monoisotopic (exact) mass is 339 g/mol. The van der Waals surface area contributed by atoms with Crippen molar-refractivity contribution in [3.05, 3.63) is 52.6 Å². The minimum absolute atomic E-state index is 0.131. The molecule has 0 atom stereocenters. The highest BCUT2D eigenvalue weighted by Gasteiger charge is 2.33. The number of ether oxygens (including phenoxy) is 1. The van der Waals surface area contributed by atoms with Gasteiger partial charge in [-0.3, -0.25) is 4.79 Å². The third-order valence-electron chi connectivity index (χ3n) is 4.57. The molecule has 2 aromatic rings. The molecule has 25 heavy (non-hydrogen) atoms. The third-order valence-corrected chi connectivity index (χ3v) is 4.57. The number of amides is 1. The number of aryl methyl sites for hydroxylation is 4. The fraction of sp³-hybridized carbons (Fsp3) is 0.450. The Bertz CT molecular complexity index is 742. The maximum absolute atomic E-state index is 12.3. The minimum atomic E-state index is 0.131. The Kier molecular flexibility index (Phi) is 5.02. The van der Waals surface area contributed by atoms with E-state index in [0.29, 0.717) is 26.1 Å². The van der Waals surface area contributed by atoms with E-state index >= 15 is 0 Å². The number of carbonyl (C=O) groups is 1. The molecule has 1 aromatic heterocycles. The van der Waals surface area contributed by atoms with Gasteiger partial charge in [0.2, 0.25) is 5.91 Å². The standard InChI is InChI=1S/C20H25N3O2/c1-13-6-5-7-14(2)19(13)25-9-8-18(24)23-11-17(12-23)20-21-15(3)10-16(4)22-20/h5-7,10,17H,8-9,11-12H2,1-4H3. The van der Waals surface area contributed by atoms with Crippen LogP contribution in [0.15, 0.2) is 24.3 Å². The van der Waals surface area contributed by atoms with E-state index in [4.69, 9.17) is 4.74 Å². The van der Waals surface area contributed by atoms with Gasteiger partial charge in [-0.25, -0.2) is 9.97 Å². The van der Waals surface area contributed by atoms with Crippen LogP contribution in [-0.4, -0.2) is 40.5 Å². The van der Waals surface area contributed by atoms with Gasteiger partial charge >= 0.3 is 0 Å². The van der Waals surface area contributed by atoms with E-state index in [0.717, 1.165) is 34.1 Å². The average Bonchev–Trinajstić information content (AvgIpc) is 2.48. The molecule has 2 heterocycles. The molecule has 0 aliphatic carbocycles. The lowest BCUT2D eigenvalue weighted by atomic mass is 9.98. The van der Waals surface area contributed by atoms with E-state index in [9.17, 15) is 4.79 Å². The number of hydrogen-bond donors (Lipinski definition) is 0. The summed E-state index contributed by atoms with van der Waals surface area (Å²) in [4.78, 5) is 23.2. The molecule has 5 heteroatoms. The fourth-order valence-corrected chi connectivity index (χ4v) is 3.21. The Morgan fingerprint density at radius 3 is 2.32 bits per heavy atom. The number of hydrogen-bond acceptors (Lipinski definition) is 4. The second-order valence-corrected chi connectivity index (χ2v) is 6.82.